The lowest BCUT2D eigenvalue weighted by molar-refractivity contribution is 0.478. The van der Waals surface area contributed by atoms with E-state index in [4.69, 9.17) is 0 Å². The topological polar surface area (TPSA) is 61.8 Å². The van der Waals surface area contributed by atoms with E-state index < -0.39 is 14.6 Å². The first-order valence-corrected chi connectivity index (χ1v) is 9.41. The number of aryl methyl sites for hydroxylation is 1. The minimum atomic E-state index is -3.13. The Kier molecular flexibility index (Phi) is 6.62. The van der Waals surface area contributed by atoms with Crippen molar-refractivity contribution in [2.75, 3.05) is 26.4 Å². The smallest absolute Gasteiger partial charge is 0.193 e. The SMILES string of the molecule is CN=C(NCCS(=O)(=O)C(C)(C)C)N(C)Cc1ccc(C)cc1. The van der Waals surface area contributed by atoms with Gasteiger partial charge in [0.1, 0.15) is 0 Å². The molecule has 0 heterocycles. The van der Waals surface area contributed by atoms with Crippen LogP contribution in [0.3, 0.4) is 0 Å². The van der Waals surface area contributed by atoms with Crippen molar-refractivity contribution >= 4 is 15.8 Å². The average molecular weight is 340 g/mol. The third-order valence-corrected chi connectivity index (χ3v) is 6.31. The number of guanidine groups is 1. The van der Waals surface area contributed by atoms with Crippen LogP contribution in [0, 0.1) is 6.92 Å². The molecule has 130 valence electrons. The Morgan fingerprint density at radius 2 is 1.78 bits per heavy atom. The Morgan fingerprint density at radius 3 is 2.26 bits per heavy atom. The van der Waals surface area contributed by atoms with E-state index in [0.717, 1.165) is 0 Å². The van der Waals surface area contributed by atoms with E-state index in [-0.39, 0.29) is 5.75 Å². The number of hydrogen-bond acceptors (Lipinski definition) is 3. The average Bonchev–Trinajstić information content (AvgIpc) is 2.44. The van der Waals surface area contributed by atoms with Crippen molar-refractivity contribution in [1.82, 2.24) is 10.2 Å². The van der Waals surface area contributed by atoms with Crippen molar-refractivity contribution in [3.8, 4) is 0 Å². The van der Waals surface area contributed by atoms with Gasteiger partial charge in [0.05, 0.1) is 10.5 Å². The monoisotopic (exact) mass is 339 g/mol. The number of sulfone groups is 1. The van der Waals surface area contributed by atoms with E-state index in [9.17, 15) is 8.42 Å². The molecule has 0 saturated carbocycles. The number of aliphatic imine (C=N–C) groups is 1. The van der Waals surface area contributed by atoms with Crippen molar-refractivity contribution in [3.05, 3.63) is 35.4 Å². The van der Waals surface area contributed by atoms with Crippen LogP contribution < -0.4 is 5.32 Å². The third kappa shape index (κ3) is 5.86. The molecule has 0 unspecified atom stereocenters. The van der Waals surface area contributed by atoms with E-state index in [0.29, 0.717) is 19.0 Å². The molecular formula is C17H29N3O2S. The maximum Gasteiger partial charge on any atom is 0.193 e. The molecule has 23 heavy (non-hydrogen) atoms. The zero-order chi connectivity index (χ0) is 17.7. The second-order valence-electron chi connectivity index (χ2n) is 6.75. The molecule has 0 amide bonds. The van der Waals surface area contributed by atoms with Crippen LogP contribution in [0.1, 0.15) is 31.9 Å². The standard InChI is InChI=1S/C17H29N3O2S/c1-14-7-9-15(10-8-14)13-20(6)16(18-5)19-11-12-23(21,22)17(2,3)4/h7-10H,11-13H2,1-6H3,(H,18,19). The van der Waals surface area contributed by atoms with Gasteiger partial charge in [-0.05, 0) is 33.3 Å². The Bertz CT molecular complexity index is 629. The zero-order valence-corrected chi connectivity index (χ0v) is 15.9. The molecule has 1 aromatic carbocycles. The molecular weight excluding hydrogens is 310 g/mol. The Morgan fingerprint density at radius 1 is 1.22 bits per heavy atom. The van der Waals surface area contributed by atoms with E-state index in [1.54, 1.807) is 27.8 Å². The lowest BCUT2D eigenvalue weighted by Crippen LogP contribution is -2.42. The van der Waals surface area contributed by atoms with E-state index in [2.05, 4.69) is 41.5 Å². The molecule has 0 radical (unpaired) electrons. The van der Waals surface area contributed by atoms with Gasteiger partial charge in [0.25, 0.3) is 0 Å². The fraction of sp³-hybridized carbons (Fsp3) is 0.588. The zero-order valence-electron chi connectivity index (χ0n) is 15.0. The Balaban J connectivity index is 2.59. The summed E-state index contributed by atoms with van der Waals surface area (Å²) in [6.07, 6.45) is 0. The molecule has 0 aliphatic rings. The largest absolute Gasteiger partial charge is 0.355 e. The van der Waals surface area contributed by atoms with Crippen LogP contribution in [0.4, 0.5) is 0 Å². The molecule has 6 heteroatoms. The minimum absolute atomic E-state index is 0.0912. The van der Waals surface area contributed by atoms with Crippen LogP contribution >= 0.6 is 0 Å². The van der Waals surface area contributed by atoms with Crippen LogP contribution in [-0.2, 0) is 16.4 Å². The van der Waals surface area contributed by atoms with Crippen molar-refractivity contribution in [3.63, 3.8) is 0 Å². The first kappa shape index (κ1) is 19.5. The highest BCUT2D eigenvalue weighted by atomic mass is 32.2. The fourth-order valence-corrected chi connectivity index (χ4v) is 3.01. The van der Waals surface area contributed by atoms with Gasteiger partial charge < -0.3 is 10.2 Å². The quantitative estimate of drug-likeness (QED) is 0.660. The first-order valence-electron chi connectivity index (χ1n) is 7.76. The molecule has 1 N–H and O–H groups in total. The number of rotatable bonds is 5. The summed E-state index contributed by atoms with van der Waals surface area (Å²) in [5.74, 6) is 0.781. The van der Waals surface area contributed by atoms with Gasteiger partial charge in [-0.15, -0.1) is 0 Å². The second kappa shape index (κ2) is 7.81. The van der Waals surface area contributed by atoms with Crippen LogP contribution in [0.2, 0.25) is 0 Å². The number of benzene rings is 1. The first-order chi connectivity index (χ1) is 10.6. The van der Waals surface area contributed by atoms with Crippen LogP contribution in [0.15, 0.2) is 29.3 Å². The molecule has 0 aliphatic carbocycles. The lowest BCUT2D eigenvalue weighted by Gasteiger charge is -2.23. The second-order valence-corrected chi connectivity index (χ2v) is 9.61. The fourth-order valence-electron chi connectivity index (χ4n) is 2.03. The molecule has 1 rings (SSSR count). The van der Waals surface area contributed by atoms with Crippen LogP contribution in [0.5, 0.6) is 0 Å². The van der Waals surface area contributed by atoms with Gasteiger partial charge in [-0.3, -0.25) is 4.99 Å². The molecule has 0 fully saturated rings. The van der Waals surface area contributed by atoms with Gasteiger partial charge in [0.15, 0.2) is 15.8 Å². The molecule has 0 bridgehead atoms. The number of nitrogens with one attached hydrogen (secondary N) is 1. The normalized spacial score (nSPS) is 13.0. The summed E-state index contributed by atoms with van der Waals surface area (Å²) in [5, 5.41) is 3.13. The summed E-state index contributed by atoms with van der Waals surface area (Å²) in [5.41, 5.74) is 2.41. The Hall–Kier alpha value is -1.56. The molecule has 0 saturated heterocycles. The van der Waals surface area contributed by atoms with E-state index in [1.165, 1.54) is 11.1 Å². The molecule has 0 aromatic heterocycles. The summed E-state index contributed by atoms with van der Waals surface area (Å²) in [7, 11) is 0.512. The van der Waals surface area contributed by atoms with E-state index >= 15 is 0 Å². The highest BCUT2D eigenvalue weighted by molar-refractivity contribution is 7.92. The number of nitrogens with zero attached hydrogens (tertiary/aromatic N) is 2. The molecule has 5 nitrogen and oxygen atoms in total. The molecule has 1 aromatic rings. The van der Waals surface area contributed by atoms with Crippen molar-refractivity contribution in [1.29, 1.82) is 0 Å². The molecule has 0 spiro atoms. The Labute approximate surface area is 140 Å². The van der Waals surface area contributed by atoms with Gasteiger partial charge in [0.2, 0.25) is 0 Å². The summed E-state index contributed by atoms with van der Waals surface area (Å²) in [6.45, 7) is 8.29. The van der Waals surface area contributed by atoms with Gasteiger partial charge in [0, 0.05) is 27.2 Å². The van der Waals surface area contributed by atoms with Gasteiger partial charge >= 0.3 is 0 Å². The van der Waals surface area contributed by atoms with Gasteiger partial charge in [-0.2, -0.15) is 0 Å². The third-order valence-electron chi connectivity index (χ3n) is 3.70. The summed E-state index contributed by atoms with van der Waals surface area (Å²) >= 11 is 0. The molecule has 0 aliphatic heterocycles. The molecule has 0 atom stereocenters. The maximum atomic E-state index is 12.1. The predicted octanol–water partition coefficient (Wildman–Crippen LogP) is 2.22. The van der Waals surface area contributed by atoms with E-state index in [1.807, 2.05) is 11.9 Å². The van der Waals surface area contributed by atoms with Gasteiger partial charge in [-0.25, -0.2) is 8.42 Å². The highest BCUT2D eigenvalue weighted by Crippen LogP contribution is 2.15. The summed E-state index contributed by atoms with van der Waals surface area (Å²) in [4.78, 5) is 6.20. The summed E-state index contributed by atoms with van der Waals surface area (Å²) < 4.78 is 23.5. The van der Waals surface area contributed by atoms with Gasteiger partial charge in [-0.1, -0.05) is 29.8 Å². The van der Waals surface area contributed by atoms with Crippen LogP contribution in [-0.4, -0.2) is 50.4 Å². The van der Waals surface area contributed by atoms with Crippen molar-refractivity contribution in [2.24, 2.45) is 4.99 Å². The highest BCUT2D eigenvalue weighted by Gasteiger charge is 2.28. The van der Waals surface area contributed by atoms with Crippen molar-refractivity contribution < 1.29 is 8.42 Å². The van der Waals surface area contributed by atoms with Crippen LogP contribution in [0.25, 0.3) is 0 Å². The van der Waals surface area contributed by atoms with Crippen molar-refractivity contribution in [2.45, 2.75) is 39.0 Å². The lowest BCUT2D eigenvalue weighted by atomic mass is 10.1. The maximum absolute atomic E-state index is 12.1. The number of hydrogen-bond donors (Lipinski definition) is 1. The summed E-state index contributed by atoms with van der Waals surface area (Å²) in [6, 6.07) is 8.33. The minimum Gasteiger partial charge on any atom is -0.355 e. The predicted molar refractivity (Wildman–Crippen MR) is 97.5 cm³/mol.